The number of nitro benzene ring substituents is 1. The molecule has 0 atom stereocenters. The van der Waals surface area contributed by atoms with Crippen LogP contribution in [0.2, 0.25) is 10.0 Å². The number of hydrogen-bond donors (Lipinski definition) is 0. The molecule has 0 N–H and O–H groups in total. The molecule has 1 aromatic rings. The minimum atomic E-state index is -3.72. The Hall–Kier alpha value is -0.890. The molecule has 0 saturated heterocycles. The van der Waals surface area contributed by atoms with Gasteiger partial charge in [0, 0.05) is 6.07 Å². The van der Waals surface area contributed by atoms with Crippen LogP contribution in [0.4, 0.5) is 5.69 Å². The fourth-order valence-electron chi connectivity index (χ4n) is 1.06. The zero-order valence-electron chi connectivity index (χ0n) is 10.5. The fraction of sp³-hybridized carbons (Fsp3) is 0.400. The highest BCUT2D eigenvalue weighted by Crippen LogP contribution is 2.33. The zero-order chi connectivity index (χ0) is 15.2. The molecule has 0 heterocycles. The molecule has 108 valence electrons. The Labute approximate surface area is 121 Å². The number of hydrogen-bond acceptors (Lipinski definition) is 5. The van der Waals surface area contributed by atoms with E-state index >= 15 is 0 Å². The smallest absolute Gasteiger partial charge is 0.265 e. The van der Waals surface area contributed by atoms with Gasteiger partial charge in [-0.25, -0.2) is 0 Å². The molecular weight excluding hydrogens is 317 g/mol. The standard InChI is InChI=1S/C8H7Cl2NO5S.C2H6/c1-17(14,15)16-4-5-7(11(12)13)3-2-6(9)8(5)10;1-2/h2-3H,4H2,1H3;1-2H3. The van der Waals surface area contributed by atoms with Crippen molar-refractivity contribution in [3.63, 3.8) is 0 Å². The number of rotatable bonds is 4. The van der Waals surface area contributed by atoms with Crippen LogP contribution in [0.3, 0.4) is 0 Å². The minimum Gasteiger partial charge on any atom is -0.265 e. The van der Waals surface area contributed by atoms with E-state index < -0.39 is 21.6 Å². The van der Waals surface area contributed by atoms with E-state index in [0.717, 1.165) is 12.3 Å². The summed E-state index contributed by atoms with van der Waals surface area (Å²) in [5, 5.41) is 10.7. The predicted octanol–water partition coefficient (Wildman–Crippen LogP) is 3.40. The van der Waals surface area contributed by atoms with Gasteiger partial charge in [0.1, 0.15) is 0 Å². The topological polar surface area (TPSA) is 86.5 Å². The number of benzene rings is 1. The molecule has 0 bridgehead atoms. The van der Waals surface area contributed by atoms with Crippen LogP contribution in [0.25, 0.3) is 0 Å². The molecule has 6 nitrogen and oxygen atoms in total. The molecule has 0 aliphatic rings. The van der Waals surface area contributed by atoms with Gasteiger partial charge in [-0.2, -0.15) is 8.42 Å². The van der Waals surface area contributed by atoms with Crippen LogP contribution in [-0.2, 0) is 20.9 Å². The minimum absolute atomic E-state index is 0.0745. The summed E-state index contributed by atoms with van der Waals surface area (Å²) in [6, 6.07) is 2.39. The van der Waals surface area contributed by atoms with Crippen molar-refractivity contribution in [2.45, 2.75) is 20.5 Å². The molecule has 0 fully saturated rings. The van der Waals surface area contributed by atoms with E-state index in [1.165, 1.54) is 6.07 Å². The summed E-state index contributed by atoms with van der Waals surface area (Å²) in [5.41, 5.74) is -0.419. The van der Waals surface area contributed by atoms with Crippen LogP contribution in [0.5, 0.6) is 0 Å². The molecule has 0 aliphatic heterocycles. The van der Waals surface area contributed by atoms with Gasteiger partial charge in [-0.05, 0) is 6.07 Å². The number of nitro groups is 1. The molecule has 0 amide bonds. The zero-order valence-corrected chi connectivity index (χ0v) is 12.8. The lowest BCUT2D eigenvalue weighted by Crippen LogP contribution is -2.05. The van der Waals surface area contributed by atoms with E-state index in [0.29, 0.717) is 0 Å². The van der Waals surface area contributed by atoms with Gasteiger partial charge in [0.2, 0.25) is 0 Å². The summed E-state index contributed by atoms with van der Waals surface area (Å²) in [6.45, 7) is 3.47. The van der Waals surface area contributed by atoms with Crippen LogP contribution >= 0.6 is 23.2 Å². The lowest BCUT2D eigenvalue weighted by molar-refractivity contribution is -0.385. The maximum atomic E-state index is 10.8. The van der Waals surface area contributed by atoms with Crippen molar-refractivity contribution in [2.75, 3.05) is 6.26 Å². The first-order valence-electron chi connectivity index (χ1n) is 5.18. The third kappa shape index (κ3) is 5.73. The Balaban J connectivity index is 0.00000154. The summed E-state index contributed by atoms with van der Waals surface area (Å²) in [5.74, 6) is 0. The lowest BCUT2D eigenvalue weighted by Gasteiger charge is -2.06. The van der Waals surface area contributed by atoms with Crippen molar-refractivity contribution in [1.29, 1.82) is 0 Å². The van der Waals surface area contributed by atoms with Gasteiger partial charge < -0.3 is 0 Å². The Bertz CT molecular complexity index is 559. The lowest BCUT2D eigenvalue weighted by atomic mass is 10.2. The molecule has 9 heteroatoms. The van der Waals surface area contributed by atoms with Crippen molar-refractivity contribution >= 4 is 39.0 Å². The van der Waals surface area contributed by atoms with Crippen molar-refractivity contribution in [2.24, 2.45) is 0 Å². The molecule has 19 heavy (non-hydrogen) atoms. The van der Waals surface area contributed by atoms with E-state index in [1.807, 2.05) is 13.8 Å². The summed E-state index contributed by atoms with van der Waals surface area (Å²) in [4.78, 5) is 10.0. The van der Waals surface area contributed by atoms with E-state index in [-0.39, 0.29) is 21.3 Å². The van der Waals surface area contributed by atoms with Crippen LogP contribution in [-0.4, -0.2) is 19.6 Å². The maximum Gasteiger partial charge on any atom is 0.276 e. The molecule has 0 unspecified atom stereocenters. The van der Waals surface area contributed by atoms with Crippen LogP contribution in [0.1, 0.15) is 19.4 Å². The van der Waals surface area contributed by atoms with E-state index in [9.17, 15) is 18.5 Å². The predicted molar refractivity (Wildman–Crippen MR) is 74.1 cm³/mol. The Morgan fingerprint density at radius 2 is 1.84 bits per heavy atom. The van der Waals surface area contributed by atoms with E-state index in [1.54, 1.807) is 0 Å². The first-order valence-corrected chi connectivity index (χ1v) is 7.75. The van der Waals surface area contributed by atoms with Gasteiger partial charge in [-0.1, -0.05) is 37.0 Å². The normalized spacial score (nSPS) is 10.6. The summed E-state index contributed by atoms with van der Waals surface area (Å²) < 4.78 is 26.1. The maximum absolute atomic E-state index is 10.8. The highest BCUT2D eigenvalue weighted by atomic mass is 35.5. The van der Waals surface area contributed by atoms with Crippen molar-refractivity contribution in [3.05, 3.63) is 37.9 Å². The van der Waals surface area contributed by atoms with Gasteiger partial charge >= 0.3 is 0 Å². The second kappa shape index (κ2) is 7.64. The van der Waals surface area contributed by atoms with Gasteiger partial charge in [0.05, 0.1) is 33.4 Å². The molecule has 1 aromatic carbocycles. The van der Waals surface area contributed by atoms with Gasteiger partial charge in [-0.15, -0.1) is 0 Å². The van der Waals surface area contributed by atoms with Crippen LogP contribution in [0.15, 0.2) is 12.1 Å². The first-order chi connectivity index (χ1) is 8.72. The number of halogens is 2. The Morgan fingerprint density at radius 1 is 1.32 bits per heavy atom. The van der Waals surface area contributed by atoms with E-state index in [4.69, 9.17) is 23.2 Å². The first kappa shape index (κ1) is 18.1. The summed E-state index contributed by atoms with van der Waals surface area (Å²) in [6.07, 6.45) is 0.831. The average Bonchev–Trinajstić information content (AvgIpc) is 2.32. The van der Waals surface area contributed by atoms with Gasteiger partial charge in [0.15, 0.2) is 0 Å². The van der Waals surface area contributed by atoms with E-state index in [2.05, 4.69) is 4.18 Å². The molecule has 1 rings (SSSR count). The van der Waals surface area contributed by atoms with Crippen LogP contribution in [0, 0.1) is 10.1 Å². The highest BCUT2D eigenvalue weighted by molar-refractivity contribution is 7.85. The molecule has 0 spiro atoms. The molecule has 0 radical (unpaired) electrons. The SMILES string of the molecule is CC.CS(=O)(=O)OCc1c([N+](=O)[O-])ccc(Cl)c1Cl. The number of nitrogens with zero attached hydrogens (tertiary/aromatic N) is 1. The van der Waals surface area contributed by atoms with Gasteiger partial charge in [0.25, 0.3) is 15.8 Å². The third-order valence-corrected chi connectivity index (χ3v) is 3.17. The second-order valence-corrected chi connectivity index (χ2v) is 5.51. The Morgan fingerprint density at radius 3 is 2.26 bits per heavy atom. The second-order valence-electron chi connectivity index (χ2n) is 3.08. The average molecular weight is 330 g/mol. The highest BCUT2D eigenvalue weighted by Gasteiger charge is 2.20. The van der Waals surface area contributed by atoms with Crippen molar-refractivity contribution in [1.82, 2.24) is 0 Å². The quantitative estimate of drug-likeness (QED) is 0.480. The van der Waals surface area contributed by atoms with Crippen molar-refractivity contribution < 1.29 is 17.5 Å². The largest absolute Gasteiger partial charge is 0.276 e. The monoisotopic (exact) mass is 329 g/mol. The molecular formula is C10H13Cl2NO5S. The van der Waals surface area contributed by atoms with Crippen LogP contribution < -0.4 is 0 Å². The molecule has 0 aliphatic carbocycles. The van der Waals surface area contributed by atoms with Crippen molar-refractivity contribution in [3.8, 4) is 0 Å². The fourth-order valence-corrected chi connectivity index (χ4v) is 1.78. The third-order valence-electron chi connectivity index (χ3n) is 1.79. The molecule has 0 aromatic heterocycles. The Kier molecular flexibility index (Phi) is 7.28. The summed E-state index contributed by atoms with van der Waals surface area (Å²) >= 11 is 11.4. The molecule has 0 saturated carbocycles. The summed E-state index contributed by atoms with van der Waals surface area (Å²) in [7, 11) is -3.72. The van der Waals surface area contributed by atoms with Gasteiger partial charge in [-0.3, -0.25) is 14.3 Å².